The number of rotatable bonds is 5. The Morgan fingerprint density at radius 1 is 1.29 bits per heavy atom. The highest BCUT2D eigenvalue weighted by molar-refractivity contribution is 5.48. The molecule has 1 aromatic rings. The van der Waals surface area contributed by atoms with E-state index in [1.807, 2.05) is 6.07 Å². The fraction of sp³-hybridized carbons (Fsp3) is 0.667. The average Bonchev–Trinajstić information content (AvgIpc) is 2.28. The Morgan fingerprint density at radius 2 is 1.88 bits per heavy atom. The van der Waals surface area contributed by atoms with Crippen LogP contribution in [0.4, 0.5) is 11.6 Å². The van der Waals surface area contributed by atoms with Crippen molar-refractivity contribution in [3.63, 3.8) is 0 Å². The van der Waals surface area contributed by atoms with Gasteiger partial charge in [0.25, 0.3) is 0 Å². The van der Waals surface area contributed by atoms with Gasteiger partial charge >= 0.3 is 0 Å². The van der Waals surface area contributed by atoms with Crippen LogP contribution in [0, 0.1) is 0 Å². The minimum Gasteiger partial charge on any atom is -0.365 e. The van der Waals surface area contributed by atoms with Crippen molar-refractivity contribution in [2.45, 2.75) is 52.5 Å². The highest BCUT2D eigenvalue weighted by Crippen LogP contribution is 2.20. The summed E-state index contributed by atoms with van der Waals surface area (Å²) in [6.07, 6.45) is 1.01. The van der Waals surface area contributed by atoms with Crippen molar-refractivity contribution in [1.82, 2.24) is 9.97 Å². The summed E-state index contributed by atoms with van der Waals surface area (Å²) in [5.74, 6) is 7.92. The van der Waals surface area contributed by atoms with Crippen LogP contribution >= 0.6 is 0 Å². The van der Waals surface area contributed by atoms with Gasteiger partial charge in [-0.2, -0.15) is 0 Å². The smallest absolute Gasteiger partial charge is 0.145 e. The Hall–Kier alpha value is -1.36. The largest absolute Gasteiger partial charge is 0.365 e. The molecule has 0 atom stereocenters. The summed E-state index contributed by atoms with van der Waals surface area (Å²) in [6.45, 7) is 10.5. The van der Waals surface area contributed by atoms with Gasteiger partial charge in [-0.05, 0) is 20.3 Å². The van der Waals surface area contributed by atoms with E-state index in [1.165, 1.54) is 0 Å². The van der Waals surface area contributed by atoms with E-state index in [4.69, 9.17) is 5.84 Å². The molecular weight excluding hydrogens is 214 g/mol. The number of nitrogens with one attached hydrogen (secondary N) is 2. The lowest BCUT2D eigenvalue weighted by Crippen LogP contribution is -2.30. The lowest BCUT2D eigenvalue weighted by Gasteiger charge is -2.25. The molecule has 1 heterocycles. The van der Waals surface area contributed by atoms with Crippen LogP contribution < -0.4 is 16.6 Å². The van der Waals surface area contributed by atoms with Gasteiger partial charge in [0, 0.05) is 17.5 Å². The Kier molecular flexibility index (Phi) is 4.28. The van der Waals surface area contributed by atoms with Gasteiger partial charge in [0.05, 0.1) is 0 Å². The van der Waals surface area contributed by atoms with E-state index >= 15 is 0 Å². The van der Waals surface area contributed by atoms with Crippen molar-refractivity contribution in [3.05, 3.63) is 11.9 Å². The quantitative estimate of drug-likeness (QED) is 0.542. The lowest BCUT2D eigenvalue weighted by atomic mass is 10.0. The van der Waals surface area contributed by atoms with Crippen LogP contribution in [0.15, 0.2) is 6.07 Å². The van der Waals surface area contributed by atoms with Crippen molar-refractivity contribution < 1.29 is 0 Å². The second-order valence-corrected chi connectivity index (χ2v) is 5.16. The molecule has 0 saturated carbocycles. The number of nitrogens with zero attached hydrogens (tertiary/aromatic N) is 2. The van der Waals surface area contributed by atoms with E-state index in [1.54, 1.807) is 0 Å². The lowest BCUT2D eigenvalue weighted by molar-refractivity contribution is 0.544. The summed E-state index contributed by atoms with van der Waals surface area (Å²) in [5.41, 5.74) is 2.58. The third-order valence-electron chi connectivity index (χ3n) is 2.76. The third kappa shape index (κ3) is 3.85. The van der Waals surface area contributed by atoms with Crippen molar-refractivity contribution in [3.8, 4) is 0 Å². The zero-order valence-electron chi connectivity index (χ0n) is 11.3. The maximum atomic E-state index is 5.42. The van der Waals surface area contributed by atoms with Gasteiger partial charge in [-0.15, -0.1) is 0 Å². The standard InChI is InChI=1S/C12H23N5/c1-6-12(4,5)16-9-7-10(17-13)15-11(14-9)8(2)3/h7-8H,6,13H2,1-5H3,(H2,14,15,16,17). The Labute approximate surface area is 103 Å². The summed E-state index contributed by atoms with van der Waals surface area (Å²) < 4.78 is 0. The Bertz CT molecular complexity index is 373. The molecule has 1 rings (SSSR count). The van der Waals surface area contributed by atoms with Crippen LogP contribution in [0.1, 0.15) is 52.8 Å². The van der Waals surface area contributed by atoms with E-state index in [0.29, 0.717) is 5.82 Å². The van der Waals surface area contributed by atoms with Gasteiger partial charge in [0.2, 0.25) is 0 Å². The third-order valence-corrected chi connectivity index (χ3v) is 2.76. The van der Waals surface area contributed by atoms with Crippen molar-refractivity contribution in [2.75, 3.05) is 10.7 Å². The first-order valence-electron chi connectivity index (χ1n) is 6.01. The topological polar surface area (TPSA) is 75.9 Å². The number of hydrazine groups is 1. The first kappa shape index (κ1) is 13.7. The first-order chi connectivity index (χ1) is 7.88. The first-order valence-corrected chi connectivity index (χ1v) is 6.01. The molecule has 0 bridgehead atoms. The van der Waals surface area contributed by atoms with Gasteiger partial charge in [-0.1, -0.05) is 20.8 Å². The van der Waals surface area contributed by atoms with E-state index in [0.717, 1.165) is 18.1 Å². The number of nitrogen functional groups attached to an aromatic ring is 1. The molecule has 1 aromatic heterocycles. The normalized spacial score (nSPS) is 11.7. The van der Waals surface area contributed by atoms with E-state index < -0.39 is 0 Å². The summed E-state index contributed by atoms with van der Waals surface area (Å²) in [5, 5.41) is 3.39. The molecule has 0 aliphatic rings. The number of aromatic nitrogens is 2. The van der Waals surface area contributed by atoms with Crippen molar-refractivity contribution in [1.29, 1.82) is 0 Å². The van der Waals surface area contributed by atoms with Crippen LogP contribution in [0.3, 0.4) is 0 Å². The highest BCUT2D eigenvalue weighted by atomic mass is 15.3. The molecule has 0 spiro atoms. The Morgan fingerprint density at radius 3 is 2.35 bits per heavy atom. The minimum absolute atomic E-state index is 0.00840. The molecule has 0 amide bonds. The minimum atomic E-state index is 0.00840. The van der Waals surface area contributed by atoms with Crippen LogP contribution in [-0.4, -0.2) is 15.5 Å². The number of anilines is 2. The number of hydrogen-bond donors (Lipinski definition) is 3. The SMILES string of the molecule is CCC(C)(C)Nc1cc(NN)nc(C(C)C)n1. The van der Waals surface area contributed by atoms with Crippen LogP contribution in [0.5, 0.6) is 0 Å². The average molecular weight is 237 g/mol. The summed E-state index contributed by atoms with van der Waals surface area (Å²) in [6, 6.07) is 1.82. The fourth-order valence-electron chi connectivity index (χ4n) is 1.30. The molecule has 0 radical (unpaired) electrons. The summed E-state index contributed by atoms with van der Waals surface area (Å²) in [7, 11) is 0. The summed E-state index contributed by atoms with van der Waals surface area (Å²) >= 11 is 0. The molecule has 0 unspecified atom stereocenters. The molecule has 0 aromatic carbocycles. The highest BCUT2D eigenvalue weighted by Gasteiger charge is 2.16. The number of nitrogens with two attached hydrogens (primary N) is 1. The molecule has 96 valence electrons. The number of hydrogen-bond acceptors (Lipinski definition) is 5. The van der Waals surface area contributed by atoms with Crippen molar-refractivity contribution in [2.24, 2.45) is 5.84 Å². The fourth-order valence-corrected chi connectivity index (χ4v) is 1.30. The molecule has 0 saturated heterocycles. The van der Waals surface area contributed by atoms with Crippen LogP contribution in [0.25, 0.3) is 0 Å². The van der Waals surface area contributed by atoms with E-state index in [9.17, 15) is 0 Å². The van der Waals surface area contributed by atoms with E-state index in [-0.39, 0.29) is 11.5 Å². The monoisotopic (exact) mass is 237 g/mol. The predicted octanol–water partition coefficient (Wildman–Crippen LogP) is 2.49. The molecule has 5 heteroatoms. The molecule has 0 fully saturated rings. The maximum absolute atomic E-state index is 5.42. The maximum Gasteiger partial charge on any atom is 0.145 e. The second kappa shape index (κ2) is 5.31. The van der Waals surface area contributed by atoms with Gasteiger partial charge in [-0.25, -0.2) is 15.8 Å². The van der Waals surface area contributed by atoms with Gasteiger partial charge in [0.1, 0.15) is 17.5 Å². The van der Waals surface area contributed by atoms with E-state index in [2.05, 4.69) is 55.3 Å². The van der Waals surface area contributed by atoms with Crippen LogP contribution in [-0.2, 0) is 0 Å². The second-order valence-electron chi connectivity index (χ2n) is 5.16. The molecule has 0 aliphatic heterocycles. The molecule has 17 heavy (non-hydrogen) atoms. The Balaban J connectivity index is 3.03. The van der Waals surface area contributed by atoms with Gasteiger partial charge in [0.15, 0.2) is 0 Å². The zero-order valence-corrected chi connectivity index (χ0v) is 11.3. The van der Waals surface area contributed by atoms with Gasteiger partial charge in [-0.3, -0.25) is 0 Å². The van der Waals surface area contributed by atoms with Crippen LogP contribution in [0.2, 0.25) is 0 Å². The molecule has 4 N–H and O–H groups in total. The predicted molar refractivity (Wildman–Crippen MR) is 71.9 cm³/mol. The molecule has 5 nitrogen and oxygen atoms in total. The van der Waals surface area contributed by atoms with Crippen molar-refractivity contribution >= 4 is 11.6 Å². The van der Waals surface area contributed by atoms with Gasteiger partial charge < -0.3 is 10.7 Å². The zero-order chi connectivity index (χ0) is 13.1. The molecule has 0 aliphatic carbocycles. The molecular formula is C12H23N5. The summed E-state index contributed by atoms with van der Waals surface area (Å²) in [4.78, 5) is 8.82.